The summed E-state index contributed by atoms with van der Waals surface area (Å²) in [6.45, 7) is 1.56. The Balaban J connectivity index is 2.19. The van der Waals surface area contributed by atoms with Gasteiger partial charge >= 0.3 is 23.9 Å². The third-order valence-electron chi connectivity index (χ3n) is 6.58. The predicted octanol–water partition coefficient (Wildman–Crippen LogP) is 1.54. The van der Waals surface area contributed by atoms with Crippen molar-refractivity contribution >= 4 is 23.9 Å². The van der Waals surface area contributed by atoms with Crippen molar-refractivity contribution in [2.75, 3.05) is 0 Å². The summed E-state index contributed by atoms with van der Waals surface area (Å²) < 4.78 is 0. The molecule has 8 nitrogen and oxygen atoms in total. The fraction of sp³-hybridized carbons (Fsp3) is 0.474. The Morgan fingerprint density at radius 3 is 1.89 bits per heavy atom. The van der Waals surface area contributed by atoms with Gasteiger partial charge in [-0.1, -0.05) is 37.3 Å². The summed E-state index contributed by atoms with van der Waals surface area (Å²) in [4.78, 5) is 47.7. The number of benzene rings is 1. The van der Waals surface area contributed by atoms with Gasteiger partial charge in [0, 0.05) is 0 Å². The van der Waals surface area contributed by atoms with Crippen LogP contribution < -0.4 is 0 Å². The summed E-state index contributed by atoms with van der Waals surface area (Å²) in [5.41, 5.74) is -2.63. The maximum absolute atomic E-state index is 12.4. The van der Waals surface area contributed by atoms with Crippen LogP contribution in [-0.2, 0) is 24.6 Å². The summed E-state index contributed by atoms with van der Waals surface area (Å²) in [7, 11) is 0. The highest BCUT2D eigenvalue weighted by molar-refractivity contribution is 5.93. The zero-order valence-electron chi connectivity index (χ0n) is 14.5. The maximum atomic E-state index is 12.4. The third kappa shape index (κ3) is 2.35. The quantitative estimate of drug-likeness (QED) is 0.604. The number of fused-ring (bicyclic) bond motifs is 1. The molecule has 0 amide bonds. The summed E-state index contributed by atoms with van der Waals surface area (Å²) >= 11 is 0. The van der Waals surface area contributed by atoms with E-state index in [4.69, 9.17) is 0 Å². The fourth-order valence-corrected chi connectivity index (χ4v) is 5.58. The Hall–Kier alpha value is -2.90. The molecular formula is C19H20O8. The van der Waals surface area contributed by atoms with Gasteiger partial charge in [0.1, 0.15) is 5.41 Å². The highest BCUT2D eigenvalue weighted by Gasteiger charge is 2.77. The topological polar surface area (TPSA) is 149 Å². The van der Waals surface area contributed by atoms with Gasteiger partial charge < -0.3 is 20.4 Å². The van der Waals surface area contributed by atoms with Crippen molar-refractivity contribution in [2.24, 2.45) is 29.1 Å². The van der Waals surface area contributed by atoms with E-state index in [1.54, 1.807) is 25.1 Å². The number of aliphatic carboxylic acids is 4. The van der Waals surface area contributed by atoms with E-state index in [0.717, 1.165) is 0 Å². The zero-order chi connectivity index (χ0) is 20.1. The van der Waals surface area contributed by atoms with Gasteiger partial charge in [0.05, 0.1) is 17.8 Å². The molecule has 144 valence electrons. The molecule has 0 bridgehead atoms. The van der Waals surface area contributed by atoms with Gasteiger partial charge in [0.2, 0.25) is 0 Å². The molecule has 6 atom stereocenters. The Labute approximate surface area is 154 Å². The first-order valence-electron chi connectivity index (χ1n) is 8.55. The Bertz CT molecular complexity index is 818. The van der Waals surface area contributed by atoms with Crippen LogP contribution in [0.4, 0.5) is 0 Å². The first kappa shape index (κ1) is 18.9. The minimum absolute atomic E-state index is 0.192. The molecule has 2 fully saturated rings. The molecule has 0 aliphatic heterocycles. The second kappa shape index (κ2) is 6.07. The van der Waals surface area contributed by atoms with Crippen LogP contribution in [-0.4, -0.2) is 44.3 Å². The largest absolute Gasteiger partial charge is 0.481 e. The average molecular weight is 376 g/mol. The third-order valence-corrected chi connectivity index (χ3v) is 6.58. The molecule has 6 unspecified atom stereocenters. The van der Waals surface area contributed by atoms with Crippen molar-refractivity contribution in [1.82, 2.24) is 0 Å². The zero-order valence-corrected chi connectivity index (χ0v) is 14.5. The normalized spacial score (nSPS) is 37.5. The highest BCUT2D eigenvalue weighted by Crippen LogP contribution is 2.71. The maximum Gasteiger partial charge on any atom is 0.315 e. The molecule has 0 spiro atoms. The summed E-state index contributed by atoms with van der Waals surface area (Å²) in [5.74, 6) is -9.95. The van der Waals surface area contributed by atoms with E-state index >= 15 is 0 Å². The van der Waals surface area contributed by atoms with E-state index in [0.29, 0.717) is 5.56 Å². The molecule has 4 N–H and O–H groups in total. The Kier molecular flexibility index (Phi) is 4.25. The molecule has 0 heterocycles. The predicted molar refractivity (Wildman–Crippen MR) is 90.0 cm³/mol. The van der Waals surface area contributed by atoms with Gasteiger partial charge in [-0.25, -0.2) is 0 Å². The molecule has 0 aromatic heterocycles. The molecule has 1 aromatic carbocycles. The van der Waals surface area contributed by atoms with Gasteiger partial charge in [0.25, 0.3) is 0 Å². The summed E-state index contributed by atoms with van der Waals surface area (Å²) in [6, 6.07) is 7.94. The van der Waals surface area contributed by atoms with Crippen LogP contribution in [0.2, 0.25) is 0 Å². The fourth-order valence-electron chi connectivity index (χ4n) is 5.58. The van der Waals surface area contributed by atoms with E-state index in [1.165, 1.54) is 12.1 Å². The van der Waals surface area contributed by atoms with Crippen LogP contribution >= 0.6 is 0 Å². The lowest BCUT2D eigenvalue weighted by atomic mass is 9.33. The van der Waals surface area contributed by atoms with Crippen LogP contribution in [0.5, 0.6) is 0 Å². The van der Waals surface area contributed by atoms with E-state index in [9.17, 15) is 39.6 Å². The molecule has 0 radical (unpaired) electrons. The molecular weight excluding hydrogens is 356 g/mol. The summed E-state index contributed by atoms with van der Waals surface area (Å²) in [6.07, 6.45) is -0.392. The molecule has 3 rings (SSSR count). The van der Waals surface area contributed by atoms with E-state index in [1.807, 2.05) is 0 Å². The minimum atomic E-state index is -1.79. The van der Waals surface area contributed by atoms with E-state index < -0.39 is 58.4 Å². The molecule has 8 heteroatoms. The molecule has 1 aromatic rings. The van der Waals surface area contributed by atoms with Gasteiger partial charge in [-0.3, -0.25) is 19.2 Å². The van der Waals surface area contributed by atoms with Gasteiger partial charge in [0.15, 0.2) is 0 Å². The standard InChI is InChI=1S/C19H20O8/c1-18-8-11(15(22)23)10(14(20)21)7-12(18)19(17(26)27,13(18)16(24)25)9-5-3-2-4-6-9/h2-6,10-13H,7-8H2,1H3,(H,20,21)(H,22,23)(H,24,25)(H,26,27). The number of hydrogen-bond acceptors (Lipinski definition) is 4. The Morgan fingerprint density at radius 2 is 1.44 bits per heavy atom. The SMILES string of the molecule is CC12CC(C(=O)O)C(C(=O)O)CC1C(C(=O)O)(c1ccccc1)C2C(=O)O. The minimum Gasteiger partial charge on any atom is -0.481 e. The first-order chi connectivity index (χ1) is 12.6. The second-order valence-corrected chi connectivity index (χ2v) is 7.70. The van der Waals surface area contributed by atoms with Crippen molar-refractivity contribution in [1.29, 1.82) is 0 Å². The van der Waals surface area contributed by atoms with Gasteiger partial charge in [-0.15, -0.1) is 0 Å². The number of rotatable bonds is 5. The lowest BCUT2D eigenvalue weighted by molar-refractivity contribution is -0.221. The van der Waals surface area contributed by atoms with Gasteiger partial charge in [-0.2, -0.15) is 0 Å². The van der Waals surface area contributed by atoms with Gasteiger partial charge in [-0.05, 0) is 29.7 Å². The van der Waals surface area contributed by atoms with Crippen molar-refractivity contribution in [3.63, 3.8) is 0 Å². The monoisotopic (exact) mass is 376 g/mol. The van der Waals surface area contributed by atoms with Crippen molar-refractivity contribution in [3.05, 3.63) is 35.9 Å². The van der Waals surface area contributed by atoms with Crippen LogP contribution in [0.3, 0.4) is 0 Å². The van der Waals surface area contributed by atoms with Crippen molar-refractivity contribution in [3.8, 4) is 0 Å². The van der Waals surface area contributed by atoms with Crippen molar-refractivity contribution < 1.29 is 39.6 Å². The van der Waals surface area contributed by atoms with Crippen LogP contribution in [0.1, 0.15) is 25.3 Å². The van der Waals surface area contributed by atoms with Crippen LogP contribution in [0.25, 0.3) is 0 Å². The molecule has 2 saturated carbocycles. The Morgan fingerprint density at radius 1 is 0.889 bits per heavy atom. The molecule has 0 saturated heterocycles. The number of carboxylic acids is 4. The molecule has 2 aliphatic carbocycles. The summed E-state index contributed by atoms with van der Waals surface area (Å²) in [5, 5.41) is 38.9. The number of carboxylic acid groups (broad SMARTS) is 4. The number of carbonyl (C=O) groups is 4. The number of hydrogen-bond donors (Lipinski definition) is 4. The van der Waals surface area contributed by atoms with E-state index in [2.05, 4.69) is 0 Å². The van der Waals surface area contributed by atoms with E-state index in [-0.39, 0.29) is 12.8 Å². The average Bonchev–Trinajstić information content (AvgIpc) is 2.57. The van der Waals surface area contributed by atoms with Crippen molar-refractivity contribution in [2.45, 2.75) is 25.2 Å². The second-order valence-electron chi connectivity index (χ2n) is 7.70. The molecule has 2 aliphatic rings. The van der Waals surface area contributed by atoms with Crippen LogP contribution in [0, 0.1) is 29.1 Å². The smallest absolute Gasteiger partial charge is 0.315 e. The highest BCUT2D eigenvalue weighted by atomic mass is 16.4. The molecule has 27 heavy (non-hydrogen) atoms. The first-order valence-corrected chi connectivity index (χ1v) is 8.55. The lowest BCUT2D eigenvalue weighted by Crippen LogP contribution is -2.74. The van der Waals surface area contributed by atoms with Crippen LogP contribution in [0.15, 0.2) is 30.3 Å². The lowest BCUT2D eigenvalue weighted by Gasteiger charge is -2.67.